The third-order valence-corrected chi connectivity index (χ3v) is 7.76. The van der Waals surface area contributed by atoms with E-state index < -0.39 is 10.0 Å². The fourth-order valence-electron chi connectivity index (χ4n) is 3.47. The molecule has 6 nitrogen and oxygen atoms in total. The molecule has 0 aliphatic carbocycles. The van der Waals surface area contributed by atoms with Gasteiger partial charge in [0.25, 0.3) is 0 Å². The SMILES string of the molecule is CCC(NC(=O)C1CCN(S(=O)(=O)c2cccnc2Cl)CC1)c1ccc(Cl)cc1. The molecule has 1 atom stereocenters. The quantitative estimate of drug-likeness (QED) is 0.665. The van der Waals surface area contributed by atoms with Gasteiger partial charge in [-0.05, 0) is 49.1 Å². The number of hydrogen-bond acceptors (Lipinski definition) is 4. The van der Waals surface area contributed by atoms with Crippen LogP contribution in [0.2, 0.25) is 10.2 Å². The van der Waals surface area contributed by atoms with Crippen molar-refractivity contribution in [2.24, 2.45) is 5.92 Å². The predicted molar refractivity (Wildman–Crippen MR) is 113 cm³/mol. The summed E-state index contributed by atoms with van der Waals surface area (Å²) in [6, 6.07) is 10.3. The van der Waals surface area contributed by atoms with E-state index in [0.29, 0.717) is 17.9 Å². The van der Waals surface area contributed by atoms with Crippen molar-refractivity contribution in [2.45, 2.75) is 37.1 Å². The fraction of sp³-hybridized carbons (Fsp3) is 0.400. The Kier molecular flexibility index (Phi) is 7.16. The second kappa shape index (κ2) is 9.43. The van der Waals surface area contributed by atoms with Crippen molar-refractivity contribution < 1.29 is 13.2 Å². The first kappa shape index (κ1) is 22.0. The van der Waals surface area contributed by atoms with Gasteiger partial charge >= 0.3 is 0 Å². The molecule has 0 radical (unpaired) electrons. The number of hydrogen-bond donors (Lipinski definition) is 1. The van der Waals surface area contributed by atoms with E-state index in [9.17, 15) is 13.2 Å². The molecule has 2 aromatic rings. The maximum Gasteiger partial charge on any atom is 0.246 e. The molecule has 1 saturated heterocycles. The van der Waals surface area contributed by atoms with Crippen molar-refractivity contribution in [2.75, 3.05) is 13.1 Å². The van der Waals surface area contributed by atoms with Gasteiger partial charge in [0, 0.05) is 30.2 Å². The molecular weight excluding hydrogens is 433 g/mol. The lowest BCUT2D eigenvalue weighted by Crippen LogP contribution is -2.43. The average molecular weight is 456 g/mol. The van der Waals surface area contributed by atoms with Crippen LogP contribution in [0.3, 0.4) is 0 Å². The third kappa shape index (κ3) is 5.09. The summed E-state index contributed by atoms with van der Waals surface area (Å²) in [6.45, 7) is 2.54. The molecule has 9 heteroatoms. The van der Waals surface area contributed by atoms with E-state index in [1.165, 1.54) is 16.6 Å². The normalized spacial score (nSPS) is 17.1. The number of benzene rings is 1. The Morgan fingerprint density at radius 1 is 1.21 bits per heavy atom. The molecular formula is C20H23Cl2N3O3S. The first-order valence-corrected chi connectivity index (χ1v) is 11.7. The molecule has 1 aliphatic heterocycles. The summed E-state index contributed by atoms with van der Waals surface area (Å²) in [5.41, 5.74) is 0.997. The lowest BCUT2D eigenvalue weighted by molar-refractivity contribution is -0.126. The first-order chi connectivity index (χ1) is 13.8. The van der Waals surface area contributed by atoms with Gasteiger partial charge in [-0.2, -0.15) is 4.31 Å². The van der Waals surface area contributed by atoms with Crippen LogP contribution < -0.4 is 5.32 Å². The van der Waals surface area contributed by atoms with E-state index in [4.69, 9.17) is 23.2 Å². The third-order valence-electron chi connectivity index (χ3n) is 5.16. The van der Waals surface area contributed by atoms with Crippen molar-refractivity contribution in [1.29, 1.82) is 0 Å². The minimum absolute atomic E-state index is 0.00152. The van der Waals surface area contributed by atoms with Crippen molar-refractivity contribution in [3.8, 4) is 0 Å². The largest absolute Gasteiger partial charge is 0.349 e. The van der Waals surface area contributed by atoms with Crippen LogP contribution in [-0.2, 0) is 14.8 Å². The monoisotopic (exact) mass is 455 g/mol. The topological polar surface area (TPSA) is 79.4 Å². The van der Waals surface area contributed by atoms with Crippen LogP contribution in [0, 0.1) is 5.92 Å². The molecule has 1 aliphatic rings. The number of nitrogens with one attached hydrogen (secondary N) is 1. The second-order valence-electron chi connectivity index (χ2n) is 6.99. The van der Waals surface area contributed by atoms with Gasteiger partial charge in [-0.3, -0.25) is 4.79 Å². The number of nitrogens with zero attached hydrogens (tertiary/aromatic N) is 2. The zero-order chi connectivity index (χ0) is 21.0. The molecule has 1 N–H and O–H groups in total. The zero-order valence-corrected chi connectivity index (χ0v) is 18.3. The minimum atomic E-state index is -3.72. The van der Waals surface area contributed by atoms with Crippen molar-refractivity contribution in [3.05, 3.63) is 58.3 Å². The summed E-state index contributed by atoms with van der Waals surface area (Å²) in [7, 11) is -3.72. The Morgan fingerprint density at radius 2 is 1.86 bits per heavy atom. The number of sulfonamides is 1. The van der Waals surface area contributed by atoms with Crippen LogP contribution in [0.25, 0.3) is 0 Å². The molecule has 156 valence electrons. The summed E-state index contributed by atoms with van der Waals surface area (Å²) in [5, 5.41) is 3.70. The highest BCUT2D eigenvalue weighted by molar-refractivity contribution is 7.89. The van der Waals surface area contributed by atoms with E-state index in [0.717, 1.165) is 12.0 Å². The molecule has 1 aromatic heterocycles. The average Bonchev–Trinajstić information content (AvgIpc) is 2.73. The summed E-state index contributed by atoms with van der Waals surface area (Å²) < 4.78 is 27.0. The number of pyridine rings is 1. The van der Waals surface area contributed by atoms with Crippen LogP contribution in [-0.4, -0.2) is 36.7 Å². The van der Waals surface area contributed by atoms with Gasteiger partial charge in [-0.15, -0.1) is 0 Å². The second-order valence-corrected chi connectivity index (χ2v) is 9.69. The smallest absolute Gasteiger partial charge is 0.246 e. The highest BCUT2D eigenvalue weighted by atomic mass is 35.5. The van der Waals surface area contributed by atoms with Gasteiger partial charge in [0.15, 0.2) is 0 Å². The Bertz CT molecular complexity index is 959. The maximum atomic E-state index is 12.8. The predicted octanol–water partition coefficient (Wildman–Crippen LogP) is 4.06. The highest BCUT2D eigenvalue weighted by Gasteiger charge is 2.33. The van der Waals surface area contributed by atoms with Crippen molar-refractivity contribution >= 4 is 39.1 Å². The van der Waals surface area contributed by atoms with Gasteiger partial charge in [0.1, 0.15) is 10.0 Å². The molecule has 1 unspecified atom stereocenters. The zero-order valence-electron chi connectivity index (χ0n) is 16.0. The maximum absolute atomic E-state index is 12.8. The summed E-state index contributed by atoms with van der Waals surface area (Å²) in [6.07, 6.45) is 3.11. The van der Waals surface area contributed by atoms with Gasteiger partial charge in [0.05, 0.1) is 6.04 Å². The Morgan fingerprint density at radius 3 is 2.45 bits per heavy atom. The Hall–Kier alpha value is -1.67. The van der Waals surface area contributed by atoms with E-state index in [2.05, 4.69) is 10.3 Å². The summed E-state index contributed by atoms with van der Waals surface area (Å²) in [4.78, 5) is 16.6. The number of aromatic nitrogens is 1. The summed E-state index contributed by atoms with van der Waals surface area (Å²) in [5.74, 6) is -0.282. The number of carbonyl (C=O) groups excluding carboxylic acids is 1. The van der Waals surface area contributed by atoms with Gasteiger partial charge in [0.2, 0.25) is 15.9 Å². The lowest BCUT2D eigenvalue weighted by Gasteiger charge is -2.31. The Labute approximate surface area is 181 Å². The van der Waals surface area contributed by atoms with Crippen LogP contribution in [0.4, 0.5) is 0 Å². The van der Waals surface area contributed by atoms with Gasteiger partial charge < -0.3 is 5.32 Å². The highest BCUT2D eigenvalue weighted by Crippen LogP contribution is 2.28. The van der Waals surface area contributed by atoms with E-state index >= 15 is 0 Å². The summed E-state index contributed by atoms with van der Waals surface area (Å²) >= 11 is 11.9. The fourth-order valence-corrected chi connectivity index (χ4v) is 5.49. The van der Waals surface area contributed by atoms with E-state index in [-0.39, 0.29) is 41.0 Å². The van der Waals surface area contributed by atoms with Crippen molar-refractivity contribution in [1.82, 2.24) is 14.6 Å². The van der Waals surface area contributed by atoms with E-state index in [1.54, 1.807) is 18.2 Å². The van der Waals surface area contributed by atoms with Crippen molar-refractivity contribution in [3.63, 3.8) is 0 Å². The molecule has 1 amide bonds. The van der Waals surface area contributed by atoms with Gasteiger partial charge in [-0.25, -0.2) is 13.4 Å². The molecule has 1 fully saturated rings. The number of piperidine rings is 1. The molecule has 0 spiro atoms. The molecule has 1 aromatic carbocycles. The van der Waals surface area contributed by atoms with Crippen LogP contribution in [0.1, 0.15) is 37.8 Å². The number of amides is 1. The molecule has 2 heterocycles. The number of carbonyl (C=O) groups is 1. The van der Waals surface area contributed by atoms with E-state index in [1.807, 2.05) is 19.1 Å². The lowest BCUT2D eigenvalue weighted by atomic mass is 9.96. The molecule has 3 rings (SSSR count). The number of rotatable bonds is 6. The molecule has 0 bridgehead atoms. The minimum Gasteiger partial charge on any atom is -0.349 e. The molecule has 29 heavy (non-hydrogen) atoms. The molecule has 0 saturated carbocycles. The first-order valence-electron chi connectivity index (χ1n) is 9.49. The Balaban J connectivity index is 1.62. The standard InChI is InChI=1S/C20H23Cl2N3O3S/c1-2-17(14-5-7-16(21)8-6-14)24-20(26)15-9-12-25(13-10-15)29(27,28)18-4-3-11-23-19(18)22/h3-8,11,15,17H,2,9-10,12-13H2,1H3,(H,24,26). The van der Waals surface area contributed by atoms with Gasteiger partial charge in [-0.1, -0.05) is 42.3 Å². The van der Waals surface area contributed by atoms with Crippen LogP contribution in [0.5, 0.6) is 0 Å². The number of halogens is 2. The van der Waals surface area contributed by atoms with Crippen LogP contribution in [0.15, 0.2) is 47.5 Å². The van der Waals surface area contributed by atoms with Crippen LogP contribution >= 0.6 is 23.2 Å².